The van der Waals surface area contributed by atoms with Crippen molar-refractivity contribution in [2.75, 3.05) is 20.1 Å². The fraction of sp³-hybridized carbons (Fsp3) is 0.400. The van der Waals surface area contributed by atoms with Gasteiger partial charge in [0.1, 0.15) is 0 Å². The zero-order valence-corrected chi connectivity index (χ0v) is 11.4. The summed E-state index contributed by atoms with van der Waals surface area (Å²) in [5, 5.41) is 11.4. The van der Waals surface area contributed by atoms with Crippen LogP contribution in [-0.4, -0.2) is 42.8 Å². The first-order valence-electron chi connectivity index (χ1n) is 6.64. The molecule has 1 amide bonds. The number of likely N-dealkylation sites (tertiary alicyclic amines) is 1. The van der Waals surface area contributed by atoms with Crippen LogP contribution in [0.3, 0.4) is 0 Å². The van der Waals surface area contributed by atoms with Gasteiger partial charge < -0.3 is 5.32 Å². The molecule has 1 saturated heterocycles. The van der Waals surface area contributed by atoms with Gasteiger partial charge in [0, 0.05) is 12.6 Å². The number of nitrogens with zero attached hydrogens (tertiary/aromatic N) is 2. The molecule has 1 atom stereocenters. The number of rotatable bonds is 4. The van der Waals surface area contributed by atoms with Crippen LogP contribution in [0.2, 0.25) is 0 Å². The molecule has 0 aromatic heterocycles. The van der Waals surface area contributed by atoms with Gasteiger partial charge in [-0.1, -0.05) is 12.1 Å². The van der Waals surface area contributed by atoms with Crippen LogP contribution < -0.4 is 5.32 Å². The largest absolute Gasteiger partial charge is 0.358 e. The van der Waals surface area contributed by atoms with Crippen LogP contribution >= 0.6 is 0 Å². The first kappa shape index (κ1) is 14.2. The summed E-state index contributed by atoms with van der Waals surface area (Å²) in [6.07, 6.45) is 1.72. The summed E-state index contributed by atoms with van der Waals surface area (Å²) in [5.41, 5.74) is 1.11. The van der Waals surface area contributed by atoms with Crippen LogP contribution in [0.1, 0.15) is 28.8 Å². The normalized spacial score (nSPS) is 18.5. The van der Waals surface area contributed by atoms with Crippen molar-refractivity contribution in [3.63, 3.8) is 0 Å². The van der Waals surface area contributed by atoms with E-state index < -0.39 is 0 Å². The fourth-order valence-electron chi connectivity index (χ4n) is 2.49. The zero-order valence-electron chi connectivity index (χ0n) is 11.4. The number of hydrogen-bond acceptors (Lipinski definition) is 4. The molecule has 1 aliphatic rings. The molecule has 20 heavy (non-hydrogen) atoms. The Balaban J connectivity index is 2.03. The van der Waals surface area contributed by atoms with E-state index in [1.54, 1.807) is 31.3 Å². The molecule has 0 bridgehead atoms. The third kappa shape index (κ3) is 3.03. The summed E-state index contributed by atoms with van der Waals surface area (Å²) in [5.74, 6) is -0.0552. The van der Waals surface area contributed by atoms with Crippen LogP contribution in [0, 0.1) is 11.3 Å². The number of hydrogen-bond donors (Lipinski definition) is 1. The molecule has 1 aromatic carbocycles. The number of nitriles is 1. The number of benzene rings is 1. The molecule has 1 aromatic rings. The van der Waals surface area contributed by atoms with Gasteiger partial charge in [-0.2, -0.15) is 5.26 Å². The standard InChI is InChI=1S/C15H17N3O2/c1-17-15(20)13-3-2-8-18(13)10-14(19)12-6-4-11(9-16)5-7-12/h4-7,13H,2-3,8,10H2,1H3,(H,17,20). The number of carbonyl (C=O) groups excluding carboxylic acids is 2. The number of amides is 1. The second kappa shape index (κ2) is 6.31. The van der Waals surface area contributed by atoms with E-state index in [9.17, 15) is 9.59 Å². The lowest BCUT2D eigenvalue weighted by Crippen LogP contribution is -2.43. The molecule has 0 radical (unpaired) electrons. The van der Waals surface area contributed by atoms with Crippen LogP contribution in [0.25, 0.3) is 0 Å². The molecule has 1 fully saturated rings. The van der Waals surface area contributed by atoms with Gasteiger partial charge in [0.05, 0.1) is 24.2 Å². The third-order valence-corrected chi connectivity index (χ3v) is 3.60. The van der Waals surface area contributed by atoms with Crippen LogP contribution in [-0.2, 0) is 4.79 Å². The topological polar surface area (TPSA) is 73.2 Å². The van der Waals surface area contributed by atoms with E-state index in [1.165, 1.54) is 0 Å². The minimum atomic E-state index is -0.206. The second-order valence-electron chi connectivity index (χ2n) is 4.86. The smallest absolute Gasteiger partial charge is 0.237 e. The van der Waals surface area contributed by atoms with Crippen LogP contribution in [0.15, 0.2) is 24.3 Å². The SMILES string of the molecule is CNC(=O)C1CCCN1CC(=O)c1ccc(C#N)cc1. The Hall–Kier alpha value is -2.19. The number of Topliss-reactive ketones (excluding diaryl/α,β-unsaturated/α-hetero) is 1. The molecule has 1 aliphatic heterocycles. The van der Waals surface area contributed by atoms with E-state index in [-0.39, 0.29) is 24.3 Å². The Labute approximate surface area is 118 Å². The highest BCUT2D eigenvalue weighted by Gasteiger charge is 2.31. The average molecular weight is 271 g/mol. The first-order valence-corrected chi connectivity index (χ1v) is 6.64. The van der Waals surface area contributed by atoms with Crippen molar-refractivity contribution in [1.29, 1.82) is 5.26 Å². The molecular formula is C15H17N3O2. The van der Waals surface area contributed by atoms with Gasteiger partial charge in [0.15, 0.2) is 5.78 Å². The Morgan fingerprint density at radius 3 is 2.70 bits per heavy atom. The summed E-state index contributed by atoms with van der Waals surface area (Å²) in [6, 6.07) is 8.40. The lowest BCUT2D eigenvalue weighted by molar-refractivity contribution is -0.124. The summed E-state index contributed by atoms with van der Waals surface area (Å²) in [6.45, 7) is 1.00. The molecule has 1 unspecified atom stereocenters. The molecule has 5 heteroatoms. The van der Waals surface area contributed by atoms with Crippen molar-refractivity contribution in [1.82, 2.24) is 10.2 Å². The number of nitrogens with one attached hydrogen (secondary N) is 1. The van der Waals surface area contributed by atoms with Crippen LogP contribution in [0.5, 0.6) is 0 Å². The lowest BCUT2D eigenvalue weighted by Gasteiger charge is -2.22. The van der Waals surface area contributed by atoms with Gasteiger partial charge in [-0.15, -0.1) is 0 Å². The maximum atomic E-state index is 12.2. The highest BCUT2D eigenvalue weighted by atomic mass is 16.2. The zero-order chi connectivity index (χ0) is 14.5. The van der Waals surface area contributed by atoms with Crippen molar-refractivity contribution in [3.8, 4) is 6.07 Å². The predicted molar refractivity (Wildman–Crippen MR) is 74.1 cm³/mol. The molecule has 104 valence electrons. The summed E-state index contributed by atoms with van der Waals surface area (Å²) >= 11 is 0. The Bertz CT molecular complexity index is 545. The van der Waals surface area contributed by atoms with Crippen molar-refractivity contribution in [2.45, 2.75) is 18.9 Å². The molecule has 5 nitrogen and oxygen atoms in total. The summed E-state index contributed by atoms with van der Waals surface area (Å²) < 4.78 is 0. The average Bonchev–Trinajstić information content (AvgIpc) is 2.94. The molecule has 0 aliphatic carbocycles. The monoisotopic (exact) mass is 271 g/mol. The minimum absolute atomic E-state index is 0.0229. The van der Waals surface area contributed by atoms with E-state index in [0.717, 1.165) is 19.4 Å². The number of ketones is 1. The van der Waals surface area contributed by atoms with Crippen LogP contribution in [0.4, 0.5) is 0 Å². The molecule has 0 saturated carbocycles. The number of likely N-dealkylation sites (N-methyl/N-ethyl adjacent to an activating group) is 1. The second-order valence-corrected chi connectivity index (χ2v) is 4.86. The van der Waals surface area contributed by atoms with Gasteiger partial charge in [0.25, 0.3) is 0 Å². The molecule has 0 spiro atoms. The maximum absolute atomic E-state index is 12.2. The molecule has 1 heterocycles. The predicted octanol–water partition coefficient (Wildman–Crippen LogP) is 0.951. The van der Waals surface area contributed by atoms with Gasteiger partial charge in [0.2, 0.25) is 5.91 Å². The van der Waals surface area contributed by atoms with Gasteiger partial charge in [-0.3, -0.25) is 14.5 Å². The highest BCUT2D eigenvalue weighted by Crippen LogP contribution is 2.18. The Morgan fingerprint density at radius 1 is 1.40 bits per heavy atom. The van der Waals surface area contributed by atoms with Crippen molar-refractivity contribution in [3.05, 3.63) is 35.4 Å². The summed E-state index contributed by atoms with van der Waals surface area (Å²) in [4.78, 5) is 25.8. The first-order chi connectivity index (χ1) is 9.65. The third-order valence-electron chi connectivity index (χ3n) is 3.60. The van der Waals surface area contributed by atoms with E-state index in [1.807, 2.05) is 11.0 Å². The molecule has 1 N–H and O–H groups in total. The van der Waals surface area contributed by atoms with E-state index in [2.05, 4.69) is 5.32 Å². The number of carbonyl (C=O) groups is 2. The molecule has 2 rings (SSSR count). The highest BCUT2D eigenvalue weighted by molar-refractivity contribution is 5.98. The van der Waals surface area contributed by atoms with E-state index >= 15 is 0 Å². The van der Waals surface area contributed by atoms with E-state index in [4.69, 9.17) is 5.26 Å². The molecular weight excluding hydrogens is 254 g/mol. The lowest BCUT2D eigenvalue weighted by atomic mass is 10.1. The van der Waals surface area contributed by atoms with Crippen molar-refractivity contribution >= 4 is 11.7 Å². The quantitative estimate of drug-likeness (QED) is 0.828. The Morgan fingerprint density at radius 2 is 2.10 bits per heavy atom. The van der Waals surface area contributed by atoms with Gasteiger partial charge >= 0.3 is 0 Å². The minimum Gasteiger partial charge on any atom is -0.358 e. The Kier molecular flexibility index (Phi) is 4.49. The van der Waals surface area contributed by atoms with E-state index in [0.29, 0.717) is 11.1 Å². The van der Waals surface area contributed by atoms with Gasteiger partial charge in [-0.05, 0) is 31.5 Å². The van der Waals surface area contributed by atoms with Crippen molar-refractivity contribution < 1.29 is 9.59 Å². The van der Waals surface area contributed by atoms with Gasteiger partial charge in [-0.25, -0.2) is 0 Å². The van der Waals surface area contributed by atoms with Crippen molar-refractivity contribution in [2.24, 2.45) is 0 Å². The maximum Gasteiger partial charge on any atom is 0.237 e. The summed E-state index contributed by atoms with van der Waals surface area (Å²) in [7, 11) is 1.61. The fourth-order valence-corrected chi connectivity index (χ4v) is 2.49.